The van der Waals surface area contributed by atoms with Crippen LogP contribution in [0, 0.1) is 11.3 Å². The normalized spacial score (nSPS) is 11.6. The third-order valence-electron chi connectivity index (χ3n) is 2.20. The van der Waals surface area contributed by atoms with E-state index in [1.54, 1.807) is 24.3 Å². The monoisotopic (exact) mass is 236 g/mol. The summed E-state index contributed by atoms with van der Waals surface area (Å²) in [4.78, 5) is 11.6. The van der Waals surface area contributed by atoms with Crippen LogP contribution in [0.5, 0.6) is 0 Å². The van der Waals surface area contributed by atoms with Gasteiger partial charge in [-0.2, -0.15) is 5.26 Å². The Morgan fingerprint density at radius 1 is 1.50 bits per heavy atom. The van der Waals surface area contributed by atoms with Crippen LogP contribution >= 0.6 is 11.6 Å². The molecule has 16 heavy (non-hydrogen) atoms. The molecular formula is C12H13ClN2O. The maximum atomic E-state index is 11.6. The Morgan fingerprint density at radius 2 is 2.12 bits per heavy atom. The van der Waals surface area contributed by atoms with Gasteiger partial charge in [0.2, 0.25) is 0 Å². The van der Waals surface area contributed by atoms with Gasteiger partial charge in [-0.25, -0.2) is 0 Å². The zero-order valence-corrected chi connectivity index (χ0v) is 9.79. The summed E-state index contributed by atoms with van der Waals surface area (Å²) in [7, 11) is 0. The number of nitrogens with zero attached hydrogens (tertiary/aromatic N) is 1. The van der Waals surface area contributed by atoms with E-state index >= 15 is 0 Å². The highest BCUT2D eigenvalue weighted by molar-refractivity contribution is 6.20. The first kappa shape index (κ1) is 12.5. The van der Waals surface area contributed by atoms with E-state index < -0.39 is 0 Å². The SMILES string of the molecule is CCC(Cl)CNC(=O)c1ccc(C#N)cc1. The highest BCUT2D eigenvalue weighted by Crippen LogP contribution is 2.04. The molecule has 1 aromatic rings. The Morgan fingerprint density at radius 3 is 2.62 bits per heavy atom. The van der Waals surface area contributed by atoms with E-state index in [9.17, 15) is 4.79 Å². The molecule has 4 heteroatoms. The van der Waals surface area contributed by atoms with Gasteiger partial charge in [0.15, 0.2) is 0 Å². The van der Waals surface area contributed by atoms with Crippen LogP contribution in [0.3, 0.4) is 0 Å². The molecule has 0 fully saturated rings. The summed E-state index contributed by atoms with van der Waals surface area (Å²) >= 11 is 5.89. The van der Waals surface area contributed by atoms with Gasteiger partial charge in [0, 0.05) is 12.1 Å². The van der Waals surface area contributed by atoms with Gasteiger partial charge in [-0.3, -0.25) is 4.79 Å². The number of carbonyl (C=O) groups excluding carboxylic acids is 1. The predicted octanol–water partition coefficient (Wildman–Crippen LogP) is 2.31. The van der Waals surface area contributed by atoms with Crippen LogP contribution in [0.25, 0.3) is 0 Å². The van der Waals surface area contributed by atoms with Crippen molar-refractivity contribution in [3.63, 3.8) is 0 Å². The summed E-state index contributed by atoms with van der Waals surface area (Å²) in [6.45, 7) is 2.42. The van der Waals surface area contributed by atoms with Gasteiger partial charge in [-0.15, -0.1) is 11.6 Å². The van der Waals surface area contributed by atoms with Crippen LogP contribution in [0.4, 0.5) is 0 Å². The van der Waals surface area contributed by atoms with E-state index in [4.69, 9.17) is 16.9 Å². The molecule has 0 bridgehead atoms. The standard InChI is InChI=1S/C12H13ClN2O/c1-2-11(13)8-15-12(16)10-5-3-9(7-14)4-6-10/h3-6,11H,2,8H2,1H3,(H,15,16). The number of hydrogen-bond acceptors (Lipinski definition) is 2. The molecule has 1 amide bonds. The Bertz CT molecular complexity index is 394. The average Bonchev–Trinajstić information content (AvgIpc) is 2.35. The molecule has 1 aromatic carbocycles. The number of nitriles is 1. The summed E-state index contributed by atoms with van der Waals surface area (Å²) in [6, 6.07) is 8.49. The molecule has 1 rings (SSSR count). The second-order valence-electron chi connectivity index (χ2n) is 3.40. The predicted molar refractivity (Wildman–Crippen MR) is 63.4 cm³/mol. The van der Waals surface area contributed by atoms with E-state index in [1.165, 1.54) is 0 Å². The second kappa shape index (κ2) is 6.14. The fourth-order valence-electron chi connectivity index (χ4n) is 1.15. The van der Waals surface area contributed by atoms with Crippen molar-refractivity contribution in [2.75, 3.05) is 6.54 Å². The van der Waals surface area contributed by atoms with Gasteiger partial charge < -0.3 is 5.32 Å². The van der Waals surface area contributed by atoms with Crippen molar-refractivity contribution in [2.45, 2.75) is 18.7 Å². The van der Waals surface area contributed by atoms with Crippen molar-refractivity contribution >= 4 is 17.5 Å². The molecule has 0 saturated carbocycles. The van der Waals surface area contributed by atoms with E-state index in [-0.39, 0.29) is 11.3 Å². The lowest BCUT2D eigenvalue weighted by atomic mass is 10.1. The summed E-state index contributed by atoms with van der Waals surface area (Å²) in [6.07, 6.45) is 0.815. The van der Waals surface area contributed by atoms with Crippen LogP contribution in [0.2, 0.25) is 0 Å². The van der Waals surface area contributed by atoms with Crippen molar-refractivity contribution < 1.29 is 4.79 Å². The molecule has 0 spiro atoms. The van der Waals surface area contributed by atoms with E-state index in [1.807, 2.05) is 13.0 Å². The van der Waals surface area contributed by atoms with Gasteiger partial charge in [-0.1, -0.05) is 6.92 Å². The largest absolute Gasteiger partial charge is 0.351 e. The lowest BCUT2D eigenvalue weighted by molar-refractivity contribution is 0.0953. The minimum Gasteiger partial charge on any atom is -0.351 e. The number of hydrogen-bond donors (Lipinski definition) is 1. The molecule has 1 unspecified atom stereocenters. The number of amides is 1. The Labute approximate surface area is 100 Å². The zero-order valence-electron chi connectivity index (χ0n) is 9.03. The molecule has 0 saturated heterocycles. The molecule has 1 atom stereocenters. The van der Waals surface area contributed by atoms with Crippen LogP contribution in [0.1, 0.15) is 29.3 Å². The first-order valence-corrected chi connectivity index (χ1v) is 5.53. The van der Waals surface area contributed by atoms with Gasteiger partial charge in [0.25, 0.3) is 5.91 Å². The number of halogens is 1. The van der Waals surface area contributed by atoms with Crippen LogP contribution in [-0.2, 0) is 0 Å². The lowest BCUT2D eigenvalue weighted by Gasteiger charge is -2.08. The van der Waals surface area contributed by atoms with E-state index in [0.29, 0.717) is 17.7 Å². The van der Waals surface area contributed by atoms with Crippen molar-refractivity contribution in [2.24, 2.45) is 0 Å². The highest BCUT2D eigenvalue weighted by Gasteiger charge is 2.07. The van der Waals surface area contributed by atoms with Crippen LogP contribution in [0.15, 0.2) is 24.3 Å². The summed E-state index contributed by atoms with van der Waals surface area (Å²) in [5, 5.41) is 11.3. The maximum Gasteiger partial charge on any atom is 0.251 e. The van der Waals surface area contributed by atoms with Gasteiger partial charge >= 0.3 is 0 Å². The Hall–Kier alpha value is -1.53. The Kier molecular flexibility index (Phi) is 4.81. The summed E-state index contributed by atoms with van der Waals surface area (Å²) < 4.78 is 0. The number of nitrogens with one attached hydrogen (secondary N) is 1. The summed E-state index contributed by atoms with van der Waals surface area (Å²) in [5.41, 5.74) is 1.08. The van der Waals surface area contributed by atoms with Gasteiger partial charge in [0.1, 0.15) is 0 Å². The molecule has 0 aliphatic heterocycles. The lowest BCUT2D eigenvalue weighted by Crippen LogP contribution is -2.29. The molecule has 0 aliphatic carbocycles. The highest BCUT2D eigenvalue weighted by atomic mass is 35.5. The minimum absolute atomic E-state index is 0.0395. The number of benzene rings is 1. The summed E-state index contributed by atoms with van der Waals surface area (Å²) in [5.74, 6) is -0.163. The number of rotatable bonds is 4. The first-order chi connectivity index (χ1) is 7.67. The zero-order chi connectivity index (χ0) is 12.0. The molecule has 0 heterocycles. The fourth-order valence-corrected chi connectivity index (χ4v) is 1.22. The minimum atomic E-state index is -0.163. The molecule has 3 nitrogen and oxygen atoms in total. The Balaban J connectivity index is 2.57. The second-order valence-corrected chi connectivity index (χ2v) is 4.02. The first-order valence-electron chi connectivity index (χ1n) is 5.09. The molecule has 1 N–H and O–H groups in total. The molecular weight excluding hydrogens is 224 g/mol. The van der Waals surface area contributed by atoms with E-state index in [0.717, 1.165) is 6.42 Å². The number of carbonyl (C=O) groups is 1. The topological polar surface area (TPSA) is 52.9 Å². The smallest absolute Gasteiger partial charge is 0.251 e. The van der Waals surface area contributed by atoms with E-state index in [2.05, 4.69) is 5.32 Å². The molecule has 0 radical (unpaired) electrons. The third-order valence-corrected chi connectivity index (χ3v) is 2.67. The average molecular weight is 237 g/mol. The van der Waals surface area contributed by atoms with Crippen LogP contribution in [-0.4, -0.2) is 17.8 Å². The van der Waals surface area contributed by atoms with Crippen molar-refractivity contribution in [3.05, 3.63) is 35.4 Å². The maximum absolute atomic E-state index is 11.6. The van der Waals surface area contributed by atoms with Gasteiger partial charge in [0.05, 0.1) is 17.0 Å². The molecule has 0 aromatic heterocycles. The molecule has 0 aliphatic rings. The van der Waals surface area contributed by atoms with Gasteiger partial charge in [-0.05, 0) is 30.7 Å². The molecule has 84 valence electrons. The van der Waals surface area contributed by atoms with Crippen molar-refractivity contribution in [3.8, 4) is 6.07 Å². The fraction of sp³-hybridized carbons (Fsp3) is 0.333. The van der Waals surface area contributed by atoms with Crippen molar-refractivity contribution in [1.82, 2.24) is 5.32 Å². The third kappa shape index (κ3) is 3.56. The quantitative estimate of drug-likeness (QED) is 0.816. The number of alkyl halides is 1. The van der Waals surface area contributed by atoms with Crippen molar-refractivity contribution in [1.29, 1.82) is 5.26 Å². The van der Waals surface area contributed by atoms with Crippen LogP contribution < -0.4 is 5.32 Å².